The zero-order chi connectivity index (χ0) is 33.3. The summed E-state index contributed by atoms with van der Waals surface area (Å²) in [5.41, 5.74) is 2.03. The summed E-state index contributed by atoms with van der Waals surface area (Å²) >= 11 is 0. The topological polar surface area (TPSA) is 142 Å². The highest BCUT2D eigenvalue weighted by Gasteiger charge is 2.38. The van der Waals surface area contributed by atoms with Gasteiger partial charge in [-0.15, -0.1) is 0 Å². The van der Waals surface area contributed by atoms with E-state index in [2.05, 4.69) is 34.4 Å². The van der Waals surface area contributed by atoms with Crippen LogP contribution in [0.25, 0.3) is 11.6 Å². The third-order valence-corrected chi connectivity index (χ3v) is 7.07. The maximum absolute atomic E-state index is 14.3. The highest BCUT2D eigenvalue weighted by molar-refractivity contribution is 6.41. The predicted molar refractivity (Wildman–Crippen MR) is 169 cm³/mol. The molecule has 0 bridgehead atoms. The van der Waals surface area contributed by atoms with Gasteiger partial charge in [0.1, 0.15) is 18.0 Å². The first-order valence-electron chi connectivity index (χ1n) is 15.0. The molecule has 0 saturated carbocycles. The van der Waals surface area contributed by atoms with Crippen LogP contribution in [0.4, 0.5) is 19.7 Å². The molecule has 1 aliphatic heterocycles. The molecule has 45 heavy (non-hydrogen) atoms. The normalized spacial score (nSPS) is 13.8. The second-order valence-electron chi connectivity index (χ2n) is 11.5. The number of benzene rings is 1. The van der Waals surface area contributed by atoms with Crippen molar-refractivity contribution in [3.05, 3.63) is 52.1 Å². The summed E-state index contributed by atoms with van der Waals surface area (Å²) in [7, 11) is 0. The number of fused-ring (bicyclic) bond motifs is 1. The minimum atomic E-state index is -0.945. The third kappa shape index (κ3) is 9.38. The minimum Gasteiger partial charge on any atom is -0.446 e. The lowest BCUT2D eigenvalue weighted by atomic mass is 10.0. The number of alkyl carbamates (subject to hydrolysis) is 1. The van der Waals surface area contributed by atoms with Crippen molar-refractivity contribution < 1.29 is 37.8 Å². The van der Waals surface area contributed by atoms with Crippen molar-refractivity contribution in [2.75, 3.05) is 57.4 Å². The number of nitrogens with zero attached hydrogens (tertiary/aromatic N) is 2. The fourth-order valence-corrected chi connectivity index (χ4v) is 4.84. The molecule has 13 heteroatoms. The number of nitrogens with one attached hydrogen (secondary N) is 3. The van der Waals surface area contributed by atoms with Crippen LogP contribution in [0, 0.1) is 19.7 Å². The van der Waals surface area contributed by atoms with Crippen molar-refractivity contribution in [1.29, 1.82) is 0 Å². The molecule has 1 aromatic carbocycles. The molecule has 0 saturated heterocycles. The zero-order valence-electron chi connectivity index (χ0n) is 27.1. The van der Waals surface area contributed by atoms with E-state index in [-0.39, 0.29) is 49.1 Å². The molecule has 0 fully saturated rings. The summed E-state index contributed by atoms with van der Waals surface area (Å²) in [5.74, 6) is -1.51. The Morgan fingerprint density at radius 1 is 1.04 bits per heavy atom. The van der Waals surface area contributed by atoms with Gasteiger partial charge in [-0.25, -0.2) is 18.9 Å². The summed E-state index contributed by atoms with van der Waals surface area (Å²) in [6.07, 6.45) is 0.00226. The average molecular weight is 630 g/mol. The van der Waals surface area contributed by atoms with Crippen LogP contribution >= 0.6 is 0 Å². The van der Waals surface area contributed by atoms with Crippen LogP contribution in [-0.4, -0.2) is 92.0 Å². The first-order valence-corrected chi connectivity index (χ1v) is 15.0. The Kier molecular flexibility index (Phi) is 12.3. The number of imide groups is 1. The molecule has 0 unspecified atom stereocenters. The molecule has 1 aliphatic rings. The van der Waals surface area contributed by atoms with Crippen LogP contribution in [0.3, 0.4) is 0 Å². The van der Waals surface area contributed by atoms with Crippen molar-refractivity contribution in [3.63, 3.8) is 0 Å². The van der Waals surface area contributed by atoms with Crippen LogP contribution in [0.1, 0.15) is 67.5 Å². The van der Waals surface area contributed by atoms with Gasteiger partial charge in [-0.05, 0) is 77.5 Å². The monoisotopic (exact) mass is 629 g/mol. The lowest BCUT2D eigenvalue weighted by Crippen LogP contribution is -2.35. The van der Waals surface area contributed by atoms with Crippen LogP contribution in [0.5, 0.6) is 0 Å². The molecule has 0 spiro atoms. The van der Waals surface area contributed by atoms with Gasteiger partial charge in [0.15, 0.2) is 0 Å². The summed E-state index contributed by atoms with van der Waals surface area (Å²) in [5, 5.41) is 5.50. The van der Waals surface area contributed by atoms with E-state index in [0.29, 0.717) is 29.1 Å². The number of aryl methyl sites for hydroxylation is 1. The highest BCUT2D eigenvalue weighted by Crippen LogP contribution is 2.39. The second-order valence-corrected chi connectivity index (χ2v) is 11.5. The lowest BCUT2D eigenvalue weighted by Gasteiger charge is -2.19. The van der Waals surface area contributed by atoms with Crippen molar-refractivity contribution in [1.82, 2.24) is 20.5 Å². The molecule has 3 N–H and O–H groups in total. The molecule has 0 aliphatic carbocycles. The zero-order valence-corrected chi connectivity index (χ0v) is 27.1. The first kappa shape index (κ1) is 35.3. The van der Waals surface area contributed by atoms with E-state index in [1.165, 1.54) is 18.2 Å². The van der Waals surface area contributed by atoms with E-state index in [0.717, 1.165) is 30.6 Å². The number of carbonyl (C=O) groups is 4. The number of likely N-dealkylation sites (N-methyl/N-ethyl adjacent to an activating group) is 1. The summed E-state index contributed by atoms with van der Waals surface area (Å²) in [6.45, 7) is 16.1. The van der Waals surface area contributed by atoms with Crippen molar-refractivity contribution in [3.8, 4) is 0 Å². The number of anilines is 1. The van der Waals surface area contributed by atoms with Crippen LogP contribution in [-0.2, 0) is 19.0 Å². The maximum Gasteiger partial charge on any atom is 0.421 e. The Balaban J connectivity index is 1.66. The van der Waals surface area contributed by atoms with Gasteiger partial charge in [0.2, 0.25) is 0 Å². The minimum absolute atomic E-state index is 0.0173. The van der Waals surface area contributed by atoms with Crippen molar-refractivity contribution >= 4 is 41.3 Å². The number of halogens is 1. The van der Waals surface area contributed by atoms with Crippen LogP contribution < -0.4 is 15.5 Å². The molecule has 3 rings (SSSR count). The maximum atomic E-state index is 14.3. The molecule has 12 nitrogen and oxygen atoms in total. The van der Waals surface area contributed by atoms with Gasteiger partial charge in [-0.2, -0.15) is 0 Å². The first-order chi connectivity index (χ1) is 21.3. The number of aromatic nitrogens is 1. The fourth-order valence-electron chi connectivity index (χ4n) is 4.84. The largest absolute Gasteiger partial charge is 0.446 e. The number of rotatable bonds is 13. The van der Waals surface area contributed by atoms with Gasteiger partial charge in [-0.1, -0.05) is 13.8 Å². The average Bonchev–Trinajstić information content (AvgIpc) is 3.40. The Bertz CT molecular complexity index is 1430. The van der Waals surface area contributed by atoms with Crippen molar-refractivity contribution in [2.24, 2.45) is 0 Å². The molecule has 4 amide bonds. The molecule has 246 valence electrons. The lowest BCUT2D eigenvalue weighted by molar-refractivity contribution is -0.112. The SMILES string of the molecule is CCN(CC)CCNC(=O)c1c(C)[nH]c(C=C2C(=O)N(C(=O)OCCOCCNC(=O)OC(C)(C)C)c3ccc(F)cc32)c1C. The fraction of sp³-hybridized carbons (Fsp3) is 0.500. The summed E-state index contributed by atoms with van der Waals surface area (Å²) in [6, 6.07) is 3.67. The summed E-state index contributed by atoms with van der Waals surface area (Å²) in [4.78, 5) is 57.4. The standard InChI is InChI=1S/C32H44FN5O7/c1-8-37(9-2)14-12-34-28(39)27-20(3)25(36-21(27)4)19-24-23-18-22(33)10-11-26(23)38(29(24)40)31(42)44-17-16-43-15-13-35-30(41)45-32(5,6)7/h10-11,18-19,36H,8-9,12-17H2,1-7H3,(H,34,39)(H,35,41). The number of ether oxygens (including phenoxy) is 3. The molecule has 2 heterocycles. The molecule has 2 aromatic rings. The Hall–Kier alpha value is -4.23. The number of hydrogen-bond acceptors (Lipinski definition) is 8. The highest BCUT2D eigenvalue weighted by atomic mass is 19.1. The molecule has 0 radical (unpaired) electrons. The van der Waals surface area contributed by atoms with Crippen molar-refractivity contribution in [2.45, 2.75) is 54.1 Å². The smallest absolute Gasteiger partial charge is 0.421 e. The van der Waals surface area contributed by atoms with E-state index >= 15 is 0 Å². The number of aromatic amines is 1. The van der Waals surface area contributed by atoms with Gasteiger partial charge in [0.25, 0.3) is 11.8 Å². The number of hydrogen-bond donors (Lipinski definition) is 3. The molecular weight excluding hydrogens is 585 g/mol. The Labute approximate surface area is 263 Å². The van der Waals surface area contributed by atoms with Gasteiger partial charge < -0.3 is 34.7 Å². The van der Waals surface area contributed by atoms with E-state index in [1.807, 2.05) is 0 Å². The number of carbonyl (C=O) groups excluding carboxylic acids is 4. The molecular formula is C32H44FN5O7. The van der Waals surface area contributed by atoms with Crippen LogP contribution in [0.2, 0.25) is 0 Å². The third-order valence-electron chi connectivity index (χ3n) is 7.07. The molecule has 0 atom stereocenters. The predicted octanol–water partition coefficient (Wildman–Crippen LogP) is 4.41. The van der Waals surface area contributed by atoms with E-state index in [1.54, 1.807) is 34.6 Å². The van der Waals surface area contributed by atoms with Gasteiger partial charge in [0.05, 0.1) is 30.0 Å². The quantitative estimate of drug-likeness (QED) is 0.219. The molecule has 1 aromatic heterocycles. The van der Waals surface area contributed by atoms with Gasteiger partial charge >= 0.3 is 12.2 Å². The van der Waals surface area contributed by atoms with E-state index < -0.39 is 29.5 Å². The van der Waals surface area contributed by atoms with Gasteiger partial charge in [-0.3, -0.25) is 9.59 Å². The van der Waals surface area contributed by atoms with Crippen LogP contribution in [0.15, 0.2) is 18.2 Å². The number of H-pyrrole nitrogens is 1. The second kappa shape index (κ2) is 15.7. The number of amides is 4. The van der Waals surface area contributed by atoms with E-state index in [4.69, 9.17) is 14.2 Å². The van der Waals surface area contributed by atoms with E-state index in [9.17, 15) is 23.6 Å². The van der Waals surface area contributed by atoms with Gasteiger partial charge in [0, 0.05) is 36.6 Å². The summed E-state index contributed by atoms with van der Waals surface area (Å²) < 4.78 is 30.1. The Morgan fingerprint density at radius 3 is 2.42 bits per heavy atom. The Morgan fingerprint density at radius 2 is 1.76 bits per heavy atom.